The van der Waals surface area contributed by atoms with E-state index in [-0.39, 0.29) is 0 Å². The molecule has 1 aromatic heterocycles. The van der Waals surface area contributed by atoms with Gasteiger partial charge in [0.15, 0.2) is 0 Å². The van der Waals surface area contributed by atoms with Gasteiger partial charge in [-0.15, -0.1) is 11.3 Å². The van der Waals surface area contributed by atoms with Crippen molar-refractivity contribution in [3.05, 3.63) is 23.1 Å². The Labute approximate surface area is 85.9 Å². The minimum atomic E-state index is 0.837. The van der Waals surface area contributed by atoms with Crippen molar-refractivity contribution >= 4 is 32.8 Å². The molecule has 2 heterocycles. The van der Waals surface area contributed by atoms with Crippen LogP contribution < -0.4 is 16.4 Å². The fourth-order valence-corrected chi connectivity index (χ4v) is 3.01. The summed E-state index contributed by atoms with van der Waals surface area (Å²) in [6.07, 6.45) is 0. The van der Waals surface area contributed by atoms with Crippen LogP contribution in [0, 0.1) is 0 Å². The van der Waals surface area contributed by atoms with Crippen LogP contribution in [-0.2, 0) is 6.54 Å². The molecule has 0 atom stereocenters. The van der Waals surface area contributed by atoms with Crippen molar-refractivity contribution in [2.24, 2.45) is 0 Å². The van der Waals surface area contributed by atoms with Crippen LogP contribution in [0.5, 0.6) is 0 Å². The second kappa shape index (κ2) is 2.87. The molecular weight excluding hydrogens is 194 g/mol. The Morgan fingerprint density at radius 1 is 1.36 bits per heavy atom. The first kappa shape index (κ1) is 8.08. The lowest BCUT2D eigenvalue weighted by atomic mass is 10.2. The van der Waals surface area contributed by atoms with E-state index in [1.54, 1.807) is 0 Å². The Balaban J connectivity index is 2.31. The highest BCUT2D eigenvalue weighted by Crippen LogP contribution is 2.37. The first-order valence-corrected chi connectivity index (χ1v) is 5.42. The number of thiophene rings is 1. The number of anilines is 2. The Hall–Kier alpha value is -1.26. The maximum atomic E-state index is 5.75. The lowest BCUT2D eigenvalue weighted by Crippen LogP contribution is -2.26. The summed E-state index contributed by atoms with van der Waals surface area (Å²) in [6, 6.07) is 6.09. The summed E-state index contributed by atoms with van der Waals surface area (Å²) in [5, 5.41) is 7.94. The molecule has 0 spiro atoms. The normalized spacial score (nSPS) is 15.1. The Kier molecular flexibility index (Phi) is 1.65. The summed E-state index contributed by atoms with van der Waals surface area (Å²) in [6.45, 7) is 1.81. The molecule has 0 saturated carbocycles. The quantitative estimate of drug-likeness (QED) is 0.576. The van der Waals surface area contributed by atoms with Crippen molar-refractivity contribution in [3.8, 4) is 0 Å². The van der Waals surface area contributed by atoms with Crippen LogP contribution in [0.2, 0.25) is 0 Å². The van der Waals surface area contributed by atoms with Crippen molar-refractivity contribution < 1.29 is 0 Å². The van der Waals surface area contributed by atoms with Crippen LogP contribution in [0.25, 0.3) is 10.1 Å². The van der Waals surface area contributed by atoms with Gasteiger partial charge in [0.2, 0.25) is 0 Å². The molecule has 1 aliphatic rings. The van der Waals surface area contributed by atoms with Crippen molar-refractivity contribution in [1.82, 2.24) is 5.32 Å². The molecule has 14 heavy (non-hydrogen) atoms. The van der Waals surface area contributed by atoms with E-state index in [2.05, 4.69) is 16.7 Å². The standard InChI is InChI=1S/C10H11N3S/c11-6-1-2-7-8(3-6)14-9-4-12-5-13-10(7)9/h1-3,12-13H,4-5,11H2. The summed E-state index contributed by atoms with van der Waals surface area (Å²) in [5.74, 6) is 0. The minimum Gasteiger partial charge on any atom is -0.399 e. The number of rotatable bonds is 0. The topological polar surface area (TPSA) is 50.1 Å². The molecule has 0 unspecified atom stereocenters. The van der Waals surface area contributed by atoms with E-state index in [1.165, 1.54) is 20.7 Å². The molecule has 0 fully saturated rings. The second-order valence-electron chi connectivity index (χ2n) is 3.44. The summed E-state index contributed by atoms with van der Waals surface area (Å²) in [4.78, 5) is 1.37. The van der Waals surface area contributed by atoms with Gasteiger partial charge in [-0.2, -0.15) is 0 Å². The highest BCUT2D eigenvalue weighted by Gasteiger charge is 2.14. The highest BCUT2D eigenvalue weighted by molar-refractivity contribution is 7.19. The van der Waals surface area contributed by atoms with Crippen LogP contribution in [0.1, 0.15) is 4.88 Å². The van der Waals surface area contributed by atoms with Crippen LogP contribution in [0.15, 0.2) is 18.2 Å². The molecule has 0 radical (unpaired) electrons. The first-order valence-electron chi connectivity index (χ1n) is 4.60. The molecule has 1 aliphatic heterocycles. The third-order valence-electron chi connectivity index (χ3n) is 2.46. The zero-order valence-corrected chi connectivity index (χ0v) is 8.45. The third kappa shape index (κ3) is 1.08. The van der Waals surface area contributed by atoms with Gasteiger partial charge in [-0.3, -0.25) is 5.32 Å². The van der Waals surface area contributed by atoms with Crippen LogP contribution in [-0.4, -0.2) is 6.67 Å². The SMILES string of the molecule is Nc1ccc2c3c(sc2c1)CNCN3. The maximum Gasteiger partial charge on any atom is 0.0656 e. The lowest BCUT2D eigenvalue weighted by molar-refractivity contribution is 0.721. The molecular formula is C10H11N3S. The molecule has 4 heteroatoms. The van der Waals surface area contributed by atoms with Crippen molar-refractivity contribution in [2.75, 3.05) is 17.7 Å². The summed E-state index contributed by atoms with van der Waals surface area (Å²) in [7, 11) is 0. The van der Waals surface area contributed by atoms with Gasteiger partial charge in [0.1, 0.15) is 0 Å². The molecule has 72 valence electrons. The summed E-state index contributed by atoms with van der Waals surface area (Å²) in [5.41, 5.74) is 7.87. The van der Waals surface area contributed by atoms with E-state index >= 15 is 0 Å². The van der Waals surface area contributed by atoms with E-state index < -0.39 is 0 Å². The lowest BCUT2D eigenvalue weighted by Gasteiger charge is -2.15. The number of nitrogens with one attached hydrogen (secondary N) is 2. The van der Waals surface area contributed by atoms with Crippen molar-refractivity contribution in [1.29, 1.82) is 0 Å². The number of nitrogens with two attached hydrogens (primary N) is 1. The number of fused-ring (bicyclic) bond motifs is 3. The highest BCUT2D eigenvalue weighted by atomic mass is 32.1. The van der Waals surface area contributed by atoms with Gasteiger partial charge in [-0.25, -0.2) is 0 Å². The smallest absolute Gasteiger partial charge is 0.0656 e. The van der Waals surface area contributed by atoms with Crippen molar-refractivity contribution in [3.63, 3.8) is 0 Å². The molecule has 0 amide bonds. The Morgan fingerprint density at radius 2 is 2.29 bits per heavy atom. The zero-order valence-electron chi connectivity index (χ0n) is 7.63. The maximum absolute atomic E-state index is 5.75. The van der Waals surface area contributed by atoms with E-state index in [1.807, 2.05) is 23.5 Å². The van der Waals surface area contributed by atoms with Gasteiger partial charge in [0.05, 0.1) is 12.4 Å². The number of hydrogen-bond acceptors (Lipinski definition) is 4. The van der Waals surface area contributed by atoms with Gasteiger partial charge in [0, 0.05) is 27.2 Å². The largest absolute Gasteiger partial charge is 0.399 e. The van der Waals surface area contributed by atoms with Crippen LogP contribution in [0.3, 0.4) is 0 Å². The molecule has 1 aromatic carbocycles. The Bertz CT molecular complexity index is 489. The molecule has 3 nitrogen and oxygen atoms in total. The predicted octanol–water partition coefficient (Wildman–Crippen LogP) is 1.96. The predicted molar refractivity (Wildman–Crippen MR) is 61.6 cm³/mol. The van der Waals surface area contributed by atoms with Gasteiger partial charge in [0.25, 0.3) is 0 Å². The fraction of sp³-hybridized carbons (Fsp3) is 0.200. The van der Waals surface area contributed by atoms with Crippen LogP contribution >= 0.6 is 11.3 Å². The molecule has 0 aliphatic carbocycles. The van der Waals surface area contributed by atoms with E-state index in [0.717, 1.165) is 18.9 Å². The number of hydrogen-bond donors (Lipinski definition) is 3. The molecule has 0 saturated heterocycles. The van der Waals surface area contributed by atoms with Gasteiger partial charge in [-0.05, 0) is 18.2 Å². The summed E-state index contributed by atoms with van der Waals surface area (Å²) < 4.78 is 1.27. The van der Waals surface area contributed by atoms with Gasteiger partial charge in [-0.1, -0.05) is 0 Å². The monoisotopic (exact) mass is 205 g/mol. The zero-order chi connectivity index (χ0) is 9.54. The minimum absolute atomic E-state index is 0.837. The molecule has 3 rings (SSSR count). The van der Waals surface area contributed by atoms with Crippen LogP contribution in [0.4, 0.5) is 11.4 Å². The average molecular weight is 205 g/mol. The van der Waals surface area contributed by atoms with E-state index in [9.17, 15) is 0 Å². The van der Waals surface area contributed by atoms with Crippen molar-refractivity contribution in [2.45, 2.75) is 6.54 Å². The second-order valence-corrected chi connectivity index (χ2v) is 4.57. The average Bonchev–Trinajstić information content (AvgIpc) is 2.54. The molecule has 2 aromatic rings. The summed E-state index contributed by atoms with van der Waals surface area (Å²) >= 11 is 1.81. The Morgan fingerprint density at radius 3 is 3.21 bits per heavy atom. The van der Waals surface area contributed by atoms with E-state index in [4.69, 9.17) is 5.73 Å². The molecule has 4 N–H and O–H groups in total. The molecule has 0 bridgehead atoms. The first-order chi connectivity index (χ1) is 6.84. The van der Waals surface area contributed by atoms with E-state index in [0.29, 0.717) is 0 Å². The fourth-order valence-electron chi connectivity index (χ4n) is 1.81. The number of benzene rings is 1. The third-order valence-corrected chi connectivity index (χ3v) is 3.62. The van der Waals surface area contributed by atoms with Gasteiger partial charge >= 0.3 is 0 Å². The number of nitrogen functional groups attached to an aromatic ring is 1. The van der Waals surface area contributed by atoms with Gasteiger partial charge < -0.3 is 11.1 Å².